The van der Waals surface area contributed by atoms with Gasteiger partial charge in [0.05, 0.1) is 5.41 Å². The first-order chi connectivity index (χ1) is 11.5. The number of carbonyl (C=O) groups excluding carboxylic acids is 1. The van der Waals surface area contributed by atoms with E-state index in [0.717, 1.165) is 29.3 Å². The van der Waals surface area contributed by atoms with Crippen LogP contribution in [0.1, 0.15) is 44.1 Å². The molecule has 0 radical (unpaired) electrons. The fraction of sp³-hybridized carbons (Fsp3) is 0.474. The molecule has 2 aliphatic rings. The molecule has 0 bridgehead atoms. The summed E-state index contributed by atoms with van der Waals surface area (Å²) in [6, 6.07) is 7.51. The molecule has 4 nitrogen and oxygen atoms in total. The third-order valence-corrected chi connectivity index (χ3v) is 5.82. The lowest BCUT2D eigenvalue weighted by atomic mass is 9.73. The summed E-state index contributed by atoms with van der Waals surface area (Å²) in [5, 5.41) is 9.84. The van der Waals surface area contributed by atoms with E-state index in [-0.39, 0.29) is 5.91 Å². The molecule has 1 fully saturated rings. The quantitative estimate of drug-likeness (QED) is 0.791. The Bertz CT molecular complexity index is 658. The summed E-state index contributed by atoms with van der Waals surface area (Å²) in [6.45, 7) is 1.02. The van der Waals surface area contributed by atoms with Gasteiger partial charge in [-0.15, -0.1) is 0 Å². The van der Waals surface area contributed by atoms with E-state index in [0.29, 0.717) is 32.4 Å². The smallest absolute Gasteiger partial charge is 0.314 e. The number of hydrogen-bond acceptors (Lipinski definition) is 2. The molecule has 1 heterocycles. The molecule has 1 aromatic rings. The van der Waals surface area contributed by atoms with Gasteiger partial charge in [-0.3, -0.25) is 9.59 Å². The molecule has 1 saturated heterocycles. The number of piperidine rings is 1. The third kappa shape index (κ3) is 3.41. The monoisotopic (exact) mass is 391 g/mol. The highest BCUT2D eigenvalue weighted by Gasteiger charge is 2.43. The normalized spacial score (nSPS) is 19.9. The molecule has 1 aromatic carbocycles. The fourth-order valence-corrected chi connectivity index (χ4v) is 4.00. The van der Waals surface area contributed by atoms with E-state index in [1.807, 2.05) is 29.2 Å². The second-order valence-electron chi connectivity index (χ2n) is 6.71. The topological polar surface area (TPSA) is 57.6 Å². The van der Waals surface area contributed by atoms with Gasteiger partial charge in [-0.1, -0.05) is 39.7 Å². The molecule has 1 aliphatic carbocycles. The average molecular weight is 392 g/mol. The van der Waals surface area contributed by atoms with Gasteiger partial charge in [-0.2, -0.15) is 0 Å². The Morgan fingerprint density at radius 3 is 2.38 bits per heavy atom. The van der Waals surface area contributed by atoms with Gasteiger partial charge in [0, 0.05) is 24.0 Å². The van der Waals surface area contributed by atoms with Crippen LogP contribution in [0.2, 0.25) is 0 Å². The summed E-state index contributed by atoms with van der Waals surface area (Å²) in [6.07, 6.45) is 6.85. The number of carbonyl (C=O) groups is 2. The van der Waals surface area contributed by atoms with Gasteiger partial charge in [0.2, 0.25) is 5.91 Å². The number of carboxylic acid groups (broad SMARTS) is 1. The summed E-state index contributed by atoms with van der Waals surface area (Å²) >= 11 is 3.39. The van der Waals surface area contributed by atoms with Crippen LogP contribution in [-0.4, -0.2) is 35.0 Å². The first-order valence-corrected chi connectivity index (χ1v) is 9.26. The number of rotatable bonds is 4. The zero-order valence-corrected chi connectivity index (χ0v) is 15.2. The lowest BCUT2D eigenvalue weighted by Crippen LogP contribution is -2.49. The maximum atomic E-state index is 12.4. The average Bonchev–Trinajstić information content (AvgIpc) is 3.08. The molecule has 0 unspecified atom stereocenters. The first-order valence-electron chi connectivity index (χ1n) is 8.46. The van der Waals surface area contributed by atoms with Crippen LogP contribution in [0, 0.1) is 0 Å². The number of aliphatic carboxylic acids is 1. The Labute approximate surface area is 150 Å². The van der Waals surface area contributed by atoms with Crippen molar-refractivity contribution in [1.29, 1.82) is 0 Å². The Balaban J connectivity index is 1.69. The van der Waals surface area contributed by atoms with Crippen LogP contribution in [0.25, 0.3) is 0 Å². The van der Waals surface area contributed by atoms with E-state index in [1.165, 1.54) is 5.57 Å². The predicted octanol–water partition coefficient (Wildman–Crippen LogP) is 3.89. The van der Waals surface area contributed by atoms with Crippen molar-refractivity contribution < 1.29 is 14.7 Å². The SMILES string of the molecule is O=C(CC1=CCCC1)N1CCC(C(=O)O)(c2ccc(Br)cc2)CC1. The van der Waals surface area contributed by atoms with Gasteiger partial charge >= 0.3 is 5.97 Å². The standard InChI is InChI=1S/C19H22BrNO3/c20-16-7-5-15(6-8-16)19(18(23)24)9-11-21(12-10-19)17(22)13-14-3-1-2-4-14/h3,5-8H,1-2,4,9-13H2,(H,23,24). The summed E-state index contributed by atoms with van der Waals surface area (Å²) in [5.74, 6) is -0.659. The van der Waals surface area contributed by atoms with Gasteiger partial charge in [0.25, 0.3) is 0 Å². The molecule has 3 rings (SSSR count). The minimum absolute atomic E-state index is 0.137. The van der Waals surface area contributed by atoms with Crippen LogP contribution in [0.5, 0.6) is 0 Å². The zero-order valence-electron chi connectivity index (χ0n) is 13.6. The van der Waals surface area contributed by atoms with Crippen molar-refractivity contribution >= 4 is 27.8 Å². The Morgan fingerprint density at radius 2 is 1.83 bits per heavy atom. The summed E-state index contributed by atoms with van der Waals surface area (Å²) in [7, 11) is 0. The van der Waals surface area contributed by atoms with Crippen LogP contribution >= 0.6 is 15.9 Å². The number of amides is 1. The van der Waals surface area contributed by atoms with Gasteiger partial charge in [-0.05, 0) is 49.8 Å². The van der Waals surface area contributed by atoms with Crippen LogP contribution in [0.4, 0.5) is 0 Å². The van der Waals surface area contributed by atoms with Crippen molar-refractivity contribution in [3.63, 3.8) is 0 Å². The molecule has 1 aliphatic heterocycles. The number of benzene rings is 1. The van der Waals surface area contributed by atoms with Gasteiger partial charge in [0.15, 0.2) is 0 Å². The third-order valence-electron chi connectivity index (χ3n) is 5.29. The van der Waals surface area contributed by atoms with E-state index in [9.17, 15) is 14.7 Å². The highest BCUT2D eigenvalue weighted by Crippen LogP contribution is 2.37. The number of likely N-dealkylation sites (tertiary alicyclic amines) is 1. The van der Waals surface area contributed by atoms with Gasteiger partial charge < -0.3 is 10.0 Å². The first kappa shape index (κ1) is 17.2. The van der Waals surface area contributed by atoms with Crippen molar-refractivity contribution in [1.82, 2.24) is 4.90 Å². The van der Waals surface area contributed by atoms with E-state index in [1.54, 1.807) is 0 Å². The Kier molecular flexibility index (Phi) is 5.09. The second-order valence-corrected chi connectivity index (χ2v) is 7.62. The maximum absolute atomic E-state index is 12.4. The van der Waals surface area contributed by atoms with E-state index >= 15 is 0 Å². The fourth-order valence-electron chi connectivity index (χ4n) is 3.74. The number of halogens is 1. The summed E-state index contributed by atoms with van der Waals surface area (Å²) in [5.41, 5.74) is 1.18. The van der Waals surface area contributed by atoms with E-state index < -0.39 is 11.4 Å². The van der Waals surface area contributed by atoms with Crippen molar-refractivity contribution in [3.05, 3.63) is 46.0 Å². The number of carboxylic acids is 1. The van der Waals surface area contributed by atoms with Crippen molar-refractivity contribution in [2.75, 3.05) is 13.1 Å². The largest absolute Gasteiger partial charge is 0.481 e. The van der Waals surface area contributed by atoms with Crippen LogP contribution < -0.4 is 0 Å². The lowest BCUT2D eigenvalue weighted by Gasteiger charge is -2.39. The van der Waals surface area contributed by atoms with Crippen molar-refractivity contribution in [2.45, 2.75) is 43.9 Å². The van der Waals surface area contributed by atoms with Crippen LogP contribution in [0.15, 0.2) is 40.4 Å². The maximum Gasteiger partial charge on any atom is 0.314 e. The molecule has 0 atom stereocenters. The zero-order chi connectivity index (χ0) is 17.2. The van der Waals surface area contributed by atoms with Crippen LogP contribution in [0.3, 0.4) is 0 Å². The van der Waals surface area contributed by atoms with E-state index in [4.69, 9.17) is 0 Å². The number of allylic oxidation sites excluding steroid dienone is 1. The highest BCUT2D eigenvalue weighted by molar-refractivity contribution is 9.10. The van der Waals surface area contributed by atoms with Crippen molar-refractivity contribution in [2.24, 2.45) is 0 Å². The number of nitrogens with zero attached hydrogens (tertiary/aromatic N) is 1. The van der Waals surface area contributed by atoms with Gasteiger partial charge in [-0.25, -0.2) is 0 Å². The predicted molar refractivity (Wildman–Crippen MR) is 95.8 cm³/mol. The second kappa shape index (κ2) is 7.09. The molecule has 1 N–H and O–H groups in total. The summed E-state index contributed by atoms with van der Waals surface area (Å²) < 4.78 is 0.934. The molecule has 128 valence electrons. The molecule has 0 aromatic heterocycles. The molecule has 5 heteroatoms. The van der Waals surface area contributed by atoms with Crippen molar-refractivity contribution in [3.8, 4) is 0 Å². The highest BCUT2D eigenvalue weighted by atomic mass is 79.9. The molecule has 24 heavy (non-hydrogen) atoms. The Morgan fingerprint density at radius 1 is 1.17 bits per heavy atom. The van der Waals surface area contributed by atoms with Gasteiger partial charge in [0.1, 0.15) is 0 Å². The molecular weight excluding hydrogens is 370 g/mol. The molecule has 1 amide bonds. The minimum atomic E-state index is -0.885. The molecule has 0 saturated carbocycles. The molecular formula is C19H22BrNO3. The summed E-state index contributed by atoms with van der Waals surface area (Å²) in [4.78, 5) is 26.3. The Hall–Kier alpha value is -1.62. The number of hydrogen-bond donors (Lipinski definition) is 1. The minimum Gasteiger partial charge on any atom is -0.481 e. The van der Waals surface area contributed by atoms with E-state index in [2.05, 4.69) is 22.0 Å². The molecule has 0 spiro atoms. The lowest BCUT2D eigenvalue weighted by molar-refractivity contribution is -0.148. The van der Waals surface area contributed by atoms with Crippen LogP contribution in [-0.2, 0) is 15.0 Å².